The molecule has 7 nitrogen and oxygen atoms in total. The summed E-state index contributed by atoms with van der Waals surface area (Å²) in [6, 6.07) is 13.5. The van der Waals surface area contributed by atoms with Crippen LogP contribution in [0.5, 0.6) is 11.5 Å². The monoisotopic (exact) mass is 324 g/mol. The predicted molar refractivity (Wildman–Crippen MR) is 90.0 cm³/mol. The number of nitrogens with two attached hydrogens (primary N) is 1. The highest BCUT2D eigenvalue weighted by Gasteiger charge is 2.05. The Labute approximate surface area is 139 Å². The first-order chi connectivity index (χ1) is 11.6. The minimum atomic E-state index is -0.341. The fraction of sp³-hybridized carbons (Fsp3) is 0.118. The average Bonchev–Trinajstić information content (AvgIpc) is 2.60. The number of nitrogen functional groups attached to an aromatic ring is 1. The van der Waals surface area contributed by atoms with Gasteiger partial charge >= 0.3 is 0 Å². The van der Waals surface area contributed by atoms with Gasteiger partial charge in [-0.3, -0.25) is 4.79 Å². The van der Waals surface area contributed by atoms with Gasteiger partial charge in [-0.15, -0.1) is 0 Å². The maximum atomic E-state index is 11.9. The molecular formula is C17H16N4O3. The van der Waals surface area contributed by atoms with Crippen LogP contribution in [-0.4, -0.2) is 25.8 Å². The van der Waals surface area contributed by atoms with Gasteiger partial charge in [-0.25, -0.2) is 5.43 Å². The average molecular weight is 324 g/mol. The molecule has 0 saturated carbocycles. The summed E-state index contributed by atoms with van der Waals surface area (Å²) in [5, 5.41) is 12.4. The molecule has 122 valence electrons. The van der Waals surface area contributed by atoms with Crippen molar-refractivity contribution in [3.05, 3.63) is 53.6 Å². The van der Waals surface area contributed by atoms with Crippen molar-refractivity contribution in [2.75, 3.05) is 19.5 Å². The lowest BCUT2D eigenvalue weighted by atomic mass is 10.2. The number of carbonyl (C=O) groups is 1. The number of nitrogens with zero attached hydrogens (tertiary/aromatic N) is 2. The van der Waals surface area contributed by atoms with Crippen LogP contribution < -0.4 is 20.6 Å². The van der Waals surface area contributed by atoms with E-state index in [0.717, 1.165) is 0 Å². The van der Waals surface area contributed by atoms with E-state index in [-0.39, 0.29) is 12.5 Å². The highest BCUT2D eigenvalue weighted by Crippen LogP contribution is 2.27. The van der Waals surface area contributed by atoms with E-state index in [1.54, 1.807) is 42.5 Å². The maximum absolute atomic E-state index is 11.9. The third kappa shape index (κ3) is 4.48. The molecule has 0 radical (unpaired) electrons. The lowest BCUT2D eigenvalue weighted by molar-refractivity contribution is 0.0955. The number of carbonyl (C=O) groups excluding carboxylic acids is 1. The Morgan fingerprint density at radius 1 is 1.29 bits per heavy atom. The van der Waals surface area contributed by atoms with Gasteiger partial charge in [0.05, 0.1) is 13.3 Å². The number of amides is 1. The summed E-state index contributed by atoms with van der Waals surface area (Å²) >= 11 is 0. The van der Waals surface area contributed by atoms with Crippen LogP contribution >= 0.6 is 0 Å². The maximum Gasteiger partial charge on any atom is 0.271 e. The first-order valence-corrected chi connectivity index (χ1v) is 7.01. The molecule has 1 amide bonds. The molecule has 0 aliphatic heterocycles. The number of ether oxygens (including phenoxy) is 2. The second-order valence-electron chi connectivity index (χ2n) is 4.68. The minimum absolute atomic E-state index is 0.0680. The van der Waals surface area contributed by atoms with Crippen LogP contribution in [0.25, 0.3) is 0 Å². The number of nitrogens with one attached hydrogen (secondary N) is 1. The van der Waals surface area contributed by atoms with Gasteiger partial charge in [-0.2, -0.15) is 10.4 Å². The number of rotatable bonds is 6. The highest BCUT2D eigenvalue weighted by molar-refractivity contribution is 5.95. The normalized spacial score (nSPS) is 10.2. The fourth-order valence-corrected chi connectivity index (χ4v) is 1.86. The second-order valence-corrected chi connectivity index (χ2v) is 4.68. The topological polar surface area (TPSA) is 110 Å². The second kappa shape index (κ2) is 8.19. The molecule has 3 N–H and O–H groups in total. The SMILES string of the molecule is COc1cc(/C=N\NC(=O)c2ccc(N)cc2)ccc1OCC#N. The molecule has 2 aromatic carbocycles. The molecule has 0 aliphatic carbocycles. The lowest BCUT2D eigenvalue weighted by Crippen LogP contribution is -2.17. The molecular weight excluding hydrogens is 308 g/mol. The number of anilines is 1. The van der Waals surface area contributed by atoms with Gasteiger partial charge in [0.2, 0.25) is 0 Å². The molecule has 0 aromatic heterocycles. The van der Waals surface area contributed by atoms with E-state index in [1.807, 2.05) is 6.07 Å². The predicted octanol–water partition coefficient (Wildman–Crippen LogP) is 1.94. The Morgan fingerprint density at radius 3 is 2.71 bits per heavy atom. The number of nitriles is 1. The van der Waals surface area contributed by atoms with Crippen LogP contribution in [0.15, 0.2) is 47.6 Å². The first kappa shape index (κ1) is 16.8. The molecule has 2 rings (SSSR count). The van der Waals surface area contributed by atoms with Crippen LogP contribution in [0.3, 0.4) is 0 Å². The molecule has 0 fully saturated rings. The zero-order valence-corrected chi connectivity index (χ0v) is 13.0. The van der Waals surface area contributed by atoms with Crippen LogP contribution in [0.2, 0.25) is 0 Å². The Hall–Kier alpha value is -3.53. The van der Waals surface area contributed by atoms with Gasteiger partial charge in [0.25, 0.3) is 5.91 Å². The van der Waals surface area contributed by atoms with Crippen molar-refractivity contribution in [1.29, 1.82) is 5.26 Å². The zero-order valence-electron chi connectivity index (χ0n) is 13.0. The van der Waals surface area contributed by atoms with E-state index in [1.165, 1.54) is 13.3 Å². The molecule has 0 atom stereocenters. The third-order valence-electron chi connectivity index (χ3n) is 3.03. The number of hydrazone groups is 1. The minimum Gasteiger partial charge on any atom is -0.493 e. The van der Waals surface area contributed by atoms with Crippen molar-refractivity contribution in [2.45, 2.75) is 0 Å². The van der Waals surface area contributed by atoms with Gasteiger partial charge < -0.3 is 15.2 Å². The Bertz CT molecular complexity index is 779. The Balaban J connectivity index is 2.02. The molecule has 0 unspecified atom stereocenters. The molecule has 0 bridgehead atoms. The lowest BCUT2D eigenvalue weighted by Gasteiger charge is -2.08. The van der Waals surface area contributed by atoms with Crippen molar-refractivity contribution in [3.8, 4) is 17.6 Å². The smallest absolute Gasteiger partial charge is 0.271 e. The molecule has 0 saturated heterocycles. The van der Waals surface area contributed by atoms with Gasteiger partial charge in [0, 0.05) is 11.3 Å². The third-order valence-corrected chi connectivity index (χ3v) is 3.03. The van der Waals surface area contributed by atoms with Crippen molar-refractivity contribution in [1.82, 2.24) is 5.43 Å². The number of hydrogen-bond acceptors (Lipinski definition) is 6. The molecule has 0 aliphatic rings. The number of benzene rings is 2. The summed E-state index contributed by atoms with van der Waals surface area (Å²) in [5.74, 6) is 0.591. The molecule has 0 heterocycles. The molecule has 0 spiro atoms. The summed E-state index contributed by atoms with van der Waals surface area (Å²) in [6.07, 6.45) is 1.48. The Morgan fingerprint density at radius 2 is 2.04 bits per heavy atom. The van der Waals surface area contributed by atoms with E-state index in [0.29, 0.717) is 28.3 Å². The van der Waals surface area contributed by atoms with E-state index in [2.05, 4.69) is 10.5 Å². The van der Waals surface area contributed by atoms with E-state index in [9.17, 15) is 4.79 Å². The van der Waals surface area contributed by atoms with Gasteiger partial charge in [-0.05, 0) is 48.0 Å². The van der Waals surface area contributed by atoms with Crippen molar-refractivity contribution in [3.63, 3.8) is 0 Å². The standard InChI is InChI=1S/C17H16N4O3/c1-23-16-10-12(2-7-15(16)24-9-8-18)11-20-21-17(22)13-3-5-14(19)6-4-13/h2-7,10-11H,9,19H2,1H3,(H,21,22)/b20-11-. The number of hydrogen-bond donors (Lipinski definition) is 2. The Kier molecular flexibility index (Phi) is 5.75. The number of methoxy groups -OCH3 is 1. The highest BCUT2D eigenvalue weighted by atomic mass is 16.5. The summed E-state index contributed by atoms with van der Waals surface area (Å²) in [7, 11) is 1.50. The van der Waals surface area contributed by atoms with Crippen molar-refractivity contribution < 1.29 is 14.3 Å². The summed E-state index contributed by atoms with van der Waals surface area (Å²) in [6.45, 7) is -0.0680. The van der Waals surface area contributed by atoms with Crippen molar-refractivity contribution >= 4 is 17.8 Å². The van der Waals surface area contributed by atoms with Crippen LogP contribution in [0, 0.1) is 11.3 Å². The van der Waals surface area contributed by atoms with Gasteiger partial charge in [0.15, 0.2) is 18.1 Å². The summed E-state index contributed by atoms with van der Waals surface area (Å²) in [4.78, 5) is 11.9. The van der Waals surface area contributed by atoms with Gasteiger partial charge in [0.1, 0.15) is 6.07 Å². The summed E-state index contributed by atoms with van der Waals surface area (Å²) < 4.78 is 10.4. The quantitative estimate of drug-likeness (QED) is 0.479. The van der Waals surface area contributed by atoms with Crippen LogP contribution in [-0.2, 0) is 0 Å². The van der Waals surface area contributed by atoms with Crippen LogP contribution in [0.1, 0.15) is 15.9 Å². The largest absolute Gasteiger partial charge is 0.493 e. The fourth-order valence-electron chi connectivity index (χ4n) is 1.86. The van der Waals surface area contributed by atoms with E-state index in [4.69, 9.17) is 20.5 Å². The van der Waals surface area contributed by atoms with E-state index < -0.39 is 0 Å². The van der Waals surface area contributed by atoms with E-state index >= 15 is 0 Å². The summed E-state index contributed by atoms with van der Waals surface area (Å²) in [5.41, 5.74) is 9.74. The van der Waals surface area contributed by atoms with Crippen molar-refractivity contribution in [2.24, 2.45) is 5.10 Å². The van der Waals surface area contributed by atoms with Gasteiger partial charge in [-0.1, -0.05) is 0 Å². The zero-order chi connectivity index (χ0) is 17.4. The van der Waals surface area contributed by atoms with Crippen LogP contribution in [0.4, 0.5) is 5.69 Å². The first-order valence-electron chi connectivity index (χ1n) is 7.01. The molecule has 7 heteroatoms. The molecule has 24 heavy (non-hydrogen) atoms. The molecule has 2 aromatic rings.